The Kier molecular flexibility index (Phi) is 4.50. The molecule has 2 rings (SSSR count). The van der Waals surface area contributed by atoms with Crippen LogP contribution in [-0.2, 0) is 13.1 Å². The molecule has 0 spiro atoms. The number of carbonyl (C=O) groups excluding carboxylic acids is 1. The molecule has 0 radical (unpaired) electrons. The second-order valence-electron chi connectivity index (χ2n) is 4.32. The summed E-state index contributed by atoms with van der Waals surface area (Å²) < 4.78 is 0. The van der Waals surface area contributed by atoms with Crippen molar-refractivity contribution in [2.24, 2.45) is 0 Å². The smallest absolute Gasteiger partial charge is 0.315 e. The van der Waals surface area contributed by atoms with Crippen molar-refractivity contribution in [1.82, 2.24) is 15.6 Å². The van der Waals surface area contributed by atoms with Crippen LogP contribution in [0.3, 0.4) is 0 Å². The fraction of sp³-hybridized carbons (Fsp3) is 0.200. The third kappa shape index (κ3) is 4.10. The minimum Gasteiger partial charge on any atom is -0.334 e. The van der Waals surface area contributed by atoms with E-state index in [1.807, 2.05) is 43.3 Å². The number of benzene rings is 1. The Bertz CT molecular complexity index is 540. The van der Waals surface area contributed by atoms with Gasteiger partial charge in [-0.2, -0.15) is 0 Å². The van der Waals surface area contributed by atoms with Crippen molar-refractivity contribution in [3.05, 3.63) is 65.5 Å². The van der Waals surface area contributed by atoms with E-state index in [0.717, 1.165) is 16.7 Å². The maximum Gasteiger partial charge on any atom is 0.315 e. The van der Waals surface area contributed by atoms with E-state index in [1.165, 1.54) is 0 Å². The summed E-state index contributed by atoms with van der Waals surface area (Å²) in [5.41, 5.74) is 3.23. The molecule has 0 unspecified atom stereocenters. The first-order chi connectivity index (χ1) is 9.25. The van der Waals surface area contributed by atoms with Gasteiger partial charge in [-0.25, -0.2) is 4.79 Å². The number of rotatable bonds is 4. The third-order valence-electron chi connectivity index (χ3n) is 2.87. The number of hydrogen-bond acceptors (Lipinski definition) is 2. The quantitative estimate of drug-likeness (QED) is 0.881. The van der Waals surface area contributed by atoms with E-state index in [9.17, 15) is 4.79 Å². The van der Waals surface area contributed by atoms with Crippen molar-refractivity contribution in [1.29, 1.82) is 0 Å². The summed E-state index contributed by atoms with van der Waals surface area (Å²) in [6.07, 6.45) is 3.52. The van der Waals surface area contributed by atoms with Crippen LogP contribution in [0.1, 0.15) is 16.7 Å². The van der Waals surface area contributed by atoms with Gasteiger partial charge in [0.15, 0.2) is 0 Å². The molecule has 0 aliphatic carbocycles. The number of pyridine rings is 1. The highest BCUT2D eigenvalue weighted by Gasteiger charge is 2.02. The van der Waals surface area contributed by atoms with Crippen LogP contribution in [0.5, 0.6) is 0 Å². The van der Waals surface area contributed by atoms with E-state index < -0.39 is 0 Å². The van der Waals surface area contributed by atoms with Gasteiger partial charge in [0, 0.05) is 25.5 Å². The molecule has 2 aromatic rings. The van der Waals surface area contributed by atoms with Gasteiger partial charge in [-0.15, -0.1) is 0 Å². The van der Waals surface area contributed by atoms with Crippen LogP contribution in [-0.4, -0.2) is 11.0 Å². The lowest BCUT2D eigenvalue weighted by Crippen LogP contribution is -2.34. The SMILES string of the molecule is Cc1cnccc1CNC(=O)NCc1ccccc1. The summed E-state index contributed by atoms with van der Waals surface area (Å²) in [7, 11) is 0. The molecule has 1 aromatic heterocycles. The predicted molar refractivity (Wildman–Crippen MR) is 74.5 cm³/mol. The Morgan fingerprint density at radius 1 is 1.11 bits per heavy atom. The molecule has 0 saturated carbocycles. The highest BCUT2D eigenvalue weighted by Crippen LogP contribution is 2.04. The monoisotopic (exact) mass is 255 g/mol. The predicted octanol–water partition coefficient (Wildman–Crippen LogP) is 2.39. The maximum absolute atomic E-state index is 11.7. The largest absolute Gasteiger partial charge is 0.334 e. The molecule has 1 heterocycles. The number of carbonyl (C=O) groups is 1. The van der Waals surface area contributed by atoms with Crippen LogP contribution in [0.4, 0.5) is 4.79 Å². The van der Waals surface area contributed by atoms with Gasteiger partial charge in [0.2, 0.25) is 0 Å². The molecule has 4 heteroatoms. The van der Waals surface area contributed by atoms with E-state index >= 15 is 0 Å². The normalized spacial score (nSPS) is 9.95. The zero-order valence-corrected chi connectivity index (χ0v) is 10.9. The summed E-state index contributed by atoms with van der Waals surface area (Å²) in [5.74, 6) is 0. The maximum atomic E-state index is 11.7. The average molecular weight is 255 g/mol. The van der Waals surface area contributed by atoms with Crippen molar-refractivity contribution in [3.63, 3.8) is 0 Å². The van der Waals surface area contributed by atoms with Crippen molar-refractivity contribution < 1.29 is 4.79 Å². The Morgan fingerprint density at radius 2 is 1.84 bits per heavy atom. The lowest BCUT2D eigenvalue weighted by molar-refractivity contribution is 0.240. The van der Waals surface area contributed by atoms with E-state index in [-0.39, 0.29) is 6.03 Å². The van der Waals surface area contributed by atoms with Gasteiger partial charge < -0.3 is 10.6 Å². The molecule has 0 aliphatic rings. The summed E-state index contributed by atoms with van der Waals surface area (Å²) in [5, 5.41) is 5.66. The number of nitrogens with one attached hydrogen (secondary N) is 2. The Labute approximate surface area is 112 Å². The van der Waals surface area contributed by atoms with Gasteiger partial charge >= 0.3 is 6.03 Å². The number of urea groups is 1. The number of nitrogens with zero attached hydrogens (tertiary/aromatic N) is 1. The standard InChI is InChI=1S/C15H17N3O/c1-12-9-16-8-7-14(12)11-18-15(19)17-10-13-5-3-2-4-6-13/h2-9H,10-11H2,1H3,(H2,17,18,19). The topological polar surface area (TPSA) is 54.0 Å². The zero-order chi connectivity index (χ0) is 13.5. The molecular weight excluding hydrogens is 238 g/mol. The van der Waals surface area contributed by atoms with Crippen molar-refractivity contribution in [2.45, 2.75) is 20.0 Å². The summed E-state index contributed by atoms with van der Waals surface area (Å²) >= 11 is 0. The second-order valence-corrected chi connectivity index (χ2v) is 4.32. The van der Waals surface area contributed by atoms with Gasteiger partial charge in [-0.1, -0.05) is 30.3 Å². The van der Waals surface area contributed by atoms with Crippen LogP contribution in [0, 0.1) is 6.92 Å². The summed E-state index contributed by atoms with van der Waals surface area (Å²) in [6.45, 7) is 3.02. The van der Waals surface area contributed by atoms with Gasteiger partial charge in [0.1, 0.15) is 0 Å². The first-order valence-corrected chi connectivity index (χ1v) is 6.21. The molecule has 0 aliphatic heterocycles. The zero-order valence-electron chi connectivity index (χ0n) is 10.9. The molecule has 0 bridgehead atoms. The van der Waals surface area contributed by atoms with Crippen LogP contribution in [0.25, 0.3) is 0 Å². The fourth-order valence-electron chi connectivity index (χ4n) is 1.72. The number of hydrogen-bond donors (Lipinski definition) is 2. The molecule has 2 amide bonds. The van der Waals surface area contributed by atoms with E-state index in [0.29, 0.717) is 13.1 Å². The average Bonchev–Trinajstić information content (AvgIpc) is 2.45. The van der Waals surface area contributed by atoms with Crippen molar-refractivity contribution >= 4 is 6.03 Å². The van der Waals surface area contributed by atoms with Gasteiger partial charge in [0.25, 0.3) is 0 Å². The minimum atomic E-state index is -0.167. The molecule has 0 fully saturated rings. The van der Waals surface area contributed by atoms with Gasteiger partial charge in [-0.05, 0) is 29.7 Å². The fourth-order valence-corrected chi connectivity index (χ4v) is 1.72. The molecule has 1 aromatic carbocycles. The van der Waals surface area contributed by atoms with E-state index in [4.69, 9.17) is 0 Å². The number of aromatic nitrogens is 1. The van der Waals surface area contributed by atoms with E-state index in [2.05, 4.69) is 15.6 Å². The number of aryl methyl sites for hydroxylation is 1. The molecule has 0 atom stereocenters. The molecule has 4 nitrogen and oxygen atoms in total. The Morgan fingerprint density at radius 3 is 2.58 bits per heavy atom. The molecule has 98 valence electrons. The summed E-state index contributed by atoms with van der Waals surface area (Å²) in [4.78, 5) is 15.7. The van der Waals surface area contributed by atoms with Crippen LogP contribution in [0.2, 0.25) is 0 Å². The number of amides is 2. The lowest BCUT2D eigenvalue weighted by Gasteiger charge is -2.09. The van der Waals surface area contributed by atoms with Gasteiger partial charge in [0.05, 0.1) is 0 Å². The van der Waals surface area contributed by atoms with Crippen molar-refractivity contribution in [2.75, 3.05) is 0 Å². The lowest BCUT2D eigenvalue weighted by atomic mass is 10.1. The molecule has 19 heavy (non-hydrogen) atoms. The van der Waals surface area contributed by atoms with Gasteiger partial charge in [-0.3, -0.25) is 4.98 Å². The minimum absolute atomic E-state index is 0.167. The van der Waals surface area contributed by atoms with Crippen molar-refractivity contribution in [3.8, 4) is 0 Å². The third-order valence-corrected chi connectivity index (χ3v) is 2.87. The Balaban J connectivity index is 1.78. The first kappa shape index (κ1) is 13.1. The summed E-state index contributed by atoms with van der Waals surface area (Å²) in [6, 6.07) is 11.6. The molecular formula is C15H17N3O. The van der Waals surface area contributed by atoms with Crippen LogP contribution < -0.4 is 10.6 Å². The second kappa shape index (κ2) is 6.54. The molecule has 2 N–H and O–H groups in total. The highest BCUT2D eigenvalue weighted by molar-refractivity contribution is 5.73. The van der Waals surface area contributed by atoms with Crippen LogP contribution in [0.15, 0.2) is 48.8 Å². The molecule has 0 saturated heterocycles. The Hall–Kier alpha value is -2.36. The van der Waals surface area contributed by atoms with Crippen LogP contribution >= 0.6 is 0 Å². The van der Waals surface area contributed by atoms with E-state index in [1.54, 1.807) is 12.4 Å². The highest BCUT2D eigenvalue weighted by atomic mass is 16.2. The first-order valence-electron chi connectivity index (χ1n) is 6.21.